The van der Waals surface area contributed by atoms with E-state index in [4.69, 9.17) is 15.6 Å². The number of aliphatic hydroxyl groups is 1. The Balaban J connectivity index is 2.32. The van der Waals surface area contributed by atoms with Crippen LogP contribution < -0.4 is 5.73 Å². The van der Waals surface area contributed by atoms with Crippen LogP contribution in [0.25, 0.3) is 0 Å². The van der Waals surface area contributed by atoms with E-state index >= 15 is 0 Å². The molecule has 0 spiro atoms. The molecule has 0 heterocycles. The standard InChI is InChI=1S/C10H19NO3/c1-7-3-2-4-8(5-7)14-10(13)9(12)6-11/h7-9,12H,2-6,11H2,1H3. The van der Waals surface area contributed by atoms with Crippen LogP contribution in [0.4, 0.5) is 0 Å². The molecule has 14 heavy (non-hydrogen) atoms. The van der Waals surface area contributed by atoms with Crippen molar-refractivity contribution in [1.29, 1.82) is 0 Å². The molecule has 4 nitrogen and oxygen atoms in total. The Morgan fingerprint density at radius 2 is 2.36 bits per heavy atom. The van der Waals surface area contributed by atoms with Gasteiger partial charge < -0.3 is 15.6 Å². The highest BCUT2D eigenvalue weighted by atomic mass is 16.6. The van der Waals surface area contributed by atoms with Gasteiger partial charge in [-0.15, -0.1) is 0 Å². The average molecular weight is 201 g/mol. The van der Waals surface area contributed by atoms with Gasteiger partial charge in [-0.3, -0.25) is 0 Å². The van der Waals surface area contributed by atoms with Crippen molar-refractivity contribution >= 4 is 5.97 Å². The summed E-state index contributed by atoms with van der Waals surface area (Å²) in [6.07, 6.45) is 2.93. The predicted molar refractivity (Wildman–Crippen MR) is 52.6 cm³/mol. The monoisotopic (exact) mass is 201 g/mol. The van der Waals surface area contributed by atoms with Gasteiger partial charge in [0.15, 0.2) is 6.10 Å². The summed E-state index contributed by atoms with van der Waals surface area (Å²) < 4.78 is 5.15. The number of hydrogen-bond donors (Lipinski definition) is 2. The molecule has 3 atom stereocenters. The van der Waals surface area contributed by atoms with Gasteiger partial charge in [-0.25, -0.2) is 4.79 Å². The van der Waals surface area contributed by atoms with Crippen LogP contribution in [0.1, 0.15) is 32.6 Å². The van der Waals surface area contributed by atoms with Gasteiger partial charge in [0, 0.05) is 6.54 Å². The quantitative estimate of drug-likeness (QED) is 0.649. The third kappa shape index (κ3) is 3.27. The maximum absolute atomic E-state index is 11.2. The third-order valence-corrected chi connectivity index (χ3v) is 2.67. The molecule has 0 aliphatic heterocycles. The molecule has 0 aromatic carbocycles. The highest BCUT2D eigenvalue weighted by Crippen LogP contribution is 2.25. The Morgan fingerprint density at radius 1 is 1.64 bits per heavy atom. The molecule has 0 radical (unpaired) electrons. The lowest BCUT2D eigenvalue weighted by atomic mass is 9.89. The van der Waals surface area contributed by atoms with Crippen molar-refractivity contribution in [3.63, 3.8) is 0 Å². The van der Waals surface area contributed by atoms with Crippen molar-refractivity contribution < 1.29 is 14.6 Å². The first kappa shape index (κ1) is 11.5. The smallest absolute Gasteiger partial charge is 0.336 e. The van der Waals surface area contributed by atoms with Crippen LogP contribution >= 0.6 is 0 Å². The van der Waals surface area contributed by atoms with Crippen molar-refractivity contribution in [3.05, 3.63) is 0 Å². The highest BCUT2D eigenvalue weighted by Gasteiger charge is 2.24. The van der Waals surface area contributed by atoms with E-state index in [1.807, 2.05) is 0 Å². The summed E-state index contributed by atoms with van der Waals surface area (Å²) in [6.45, 7) is 2.08. The second kappa shape index (κ2) is 5.32. The fourth-order valence-electron chi connectivity index (χ4n) is 1.82. The zero-order valence-corrected chi connectivity index (χ0v) is 8.61. The van der Waals surface area contributed by atoms with E-state index in [0.717, 1.165) is 19.3 Å². The Labute approximate surface area is 84.4 Å². The minimum Gasteiger partial charge on any atom is -0.460 e. The van der Waals surface area contributed by atoms with Gasteiger partial charge in [0.2, 0.25) is 0 Å². The molecule has 3 N–H and O–H groups in total. The topological polar surface area (TPSA) is 72.5 Å². The second-order valence-corrected chi connectivity index (χ2v) is 4.08. The summed E-state index contributed by atoms with van der Waals surface area (Å²) in [5.74, 6) is 0.0307. The molecular weight excluding hydrogens is 182 g/mol. The van der Waals surface area contributed by atoms with Gasteiger partial charge >= 0.3 is 5.97 Å². The molecule has 4 heteroatoms. The first-order valence-corrected chi connectivity index (χ1v) is 5.22. The van der Waals surface area contributed by atoms with E-state index in [-0.39, 0.29) is 12.6 Å². The largest absolute Gasteiger partial charge is 0.460 e. The van der Waals surface area contributed by atoms with Crippen molar-refractivity contribution in [3.8, 4) is 0 Å². The Morgan fingerprint density at radius 3 is 2.93 bits per heavy atom. The number of hydrogen-bond acceptors (Lipinski definition) is 4. The lowest BCUT2D eigenvalue weighted by Gasteiger charge is -2.27. The van der Waals surface area contributed by atoms with Crippen LogP contribution in [0, 0.1) is 5.92 Å². The molecule has 82 valence electrons. The second-order valence-electron chi connectivity index (χ2n) is 4.08. The van der Waals surface area contributed by atoms with Gasteiger partial charge in [0.05, 0.1) is 0 Å². The number of aliphatic hydroxyl groups excluding tert-OH is 1. The normalized spacial score (nSPS) is 29.6. The molecule has 1 aliphatic carbocycles. The first-order valence-electron chi connectivity index (χ1n) is 5.22. The Kier molecular flexibility index (Phi) is 4.35. The summed E-state index contributed by atoms with van der Waals surface area (Å²) in [5.41, 5.74) is 5.15. The number of esters is 1. The lowest BCUT2D eigenvalue weighted by Crippen LogP contribution is -2.35. The van der Waals surface area contributed by atoms with Gasteiger partial charge in [0.1, 0.15) is 6.10 Å². The number of carbonyl (C=O) groups excluding carboxylic acids is 1. The van der Waals surface area contributed by atoms with Gasteiger partial charge in [-0.1, -0.05) is 13.3 Å². The van der Waals surface area contributed by atoms with Crippen LogP contribution in [0.15, 0.2) is 0 Å². The van der Waals surface area contributed by atoms with Crippen LogP contribution in [-0.4, -0.2) is 29.8 Å². The minimum atomic E-state index is -1.16. The summed E-state index contributed by atoms with van der Waals surface area (Å²) in [7, 11) is 0. The first-order chi connectivity index (χ1) is 6.63. The average Bonchev–Trinajstić information content (AvgIpc) is 2.16. The predicted octanol–water partition coefficient (Wildman–Crippen LogP) is 0.428. The molecular formula is C10H19NO3. The summed E-state index contributed by atoms with van der Waals surface area (Å²) in [6, 6.07) is 0. The van der Waals surface area contributed by atoms with Crippen molar-refractivity contribution in [2.75, 3.05) is 6.54 Å². The molecule has 1 saturated carbocycles. The number of carbonyl (C=O) groups is 1. The summed E-state index contributed by atoms with van der Waals surface area (Å²) in [5, 5.41) is 9.12. The van der Waals surface area contributed by atoms with E-state index in [9.17, 15) is 4.79 Å². The molecule has 3 unspecified atom stereocenters. The maximum atomic E-state index is 11.2. The molecule has 1 aliphatic rings. The lowest BCUT2D eigenvalue weighted by molar-refractivity contribution is -0.160. The van der Waals surface area contributed by atoms with E-state index in [1.54, 1.807) is 0 Å². The van der Waals surface area contributed by atoms with Crippen LogP contribution in [0.3, 0.4) is 0 Å². The number of nitrogens with two attached hydrogens (primary N) is 1. The van der Waals surface area contributed by atoms with Crippen molar-refractivity contribution in [2.24, 2.45) is 11.7 Å². The fraction of sp³-hybridized carbons (Fsp3) is 0.900. The molecule has 1 fully saturated rings. The van der Waals surface area contributed by atoms with Gasteiger partial charge in [-0.05, 0) is 25.2 Å². The maximum Gasteiger partial charge on any atom is 0.336 e. The molecule has 1 rings (SSSR count). The van der Waals surface area contributed by atoms with Gasteiger partial charge in [-0.2, -0.15) is 0 Å². The third-order valence-electron chi connectivity index (χ3n) is 2.67. The Hall–Kier alpha value is -0.610. The van der Waals surface area contributed by atoms with E-state index < -0.39 is 12.1 Å². The number of ether oxygens (including phenoxy) is 1. The zero-order valence-electron chi connectivity index (χ0n) is 8.61. The summed E-state index contributed by atoms with van der Waals surface area (Å²) in [4.78, 5) is 11.2. The molecule has 0 amide bonds. The Bertz CT molecular complexity index is 196. The van der Waals surface area contributed by atoms with E-state index in [0.29, 0.717) is 5.92 Å². The zero-order chi connectivity index (χ0) is 10.6. The molecule has 0 bridgehead atoms. The molecule has 0 aromatic heterocycles. The minimum absolute atomic E-state index is 0.0209. The fourth-order valence-corrected chi connectivity index (χ4v) is 1.82. The summed E-state index contributed by atoms with van der Waals surface area (Å²) >= 11 is 0. The molecule has 0 saturated heterocycles. The molecule has 0 aromatic rings. The van der Waals surface area contributed by atoms with Crippen molar-refractivity contribution in [2.45, 2.75) is 44.8 Å². The van der Waals surface area contributed by atoms with Crippen LogP contribution in [0.5, 0.6) is 0 Å². The van der Waals surface area contributed by atoms with Gasteiger partial charge in [0.25, 0.3) is 0 Å². The van der Waals surface area contributed by atoms with E-state index in [1.165, 1.54) is 6.42 Å². The van der Waals surface area contributed by atoms with Crippen LogP contribution in [0.2, 0.25) is 0 Å². The highest BCUT2D eigenvalue weighted by molar-refractivity contribution is 5.74. The number of rotatable bonds is 3. The van der Waals surface area contributed by atoms with Crippen LogP contribution in [-0.2, 0) is 9.53 Å². The van der Waals surface area contributed by atoms with E-state index in [2.05, 4.69) is 6.92 Å². The van der Waals surface area contributed by atoms with Crippen molar-refractivity contribution in [1.82, 2.24) is 0 Å². The SMILES string of the molecule is CC1CCCC(OC(=O)C(O)CN)C1.